The van der Waals surface area contributed by atoms with Crippen molar-refractivity contribution in [3.63, 3.8) is 0 Å². The maximum absolute atomic E-state index is 13.3. The number of piperazine rings is 1. The number of carboxylic acids is 1. The van der Waals surface area contributed by atoms with Gasteiger partial charge < -0.3 is 29.7 Å². The highest BCUT2D eigenvalue weighted by molar-refractivity contribution is 5.94. The molecule has 0 bridgehead atoms. The molecule has 208 valence electrons. The lowest BCUT2D eigenvalue weighted by Crippen LogP contribution is -2.47. The van der Waals surface area contributed by atoms with Crippen molar-refractivity contribution in [3.05, 3.63) is 59.7 Å². The van der Waals surface area contributed by atoms with Gasteiger partial charge in [0.25, 0.3) is 5.91 Å². The van der Waals surface area contributed by atoms with Crippen LogP contribution in [0.1, 0.15) is 29.3 Å². The molecule has 3 rings (SSSR count). The first-order valence-corrected chi connectivity index (χ1v) is 12.0. The molecule has 2 N–H and O–H groups in total. The third kappa shape index (κ3) is 9.92. The van der Waals surface area contributed by atoms with Crippen LogP contribution in [0.25, 0.3) is 0 Å². The largest absolute Gasteiger partial charge is 0.497 e. The summed E-state index contributed by atoms with van der Waals surface area (Å²) in [5.74, 6) is -1.32. The monoisotopic (exact) mass is 539 g/mol. The SMILES string of the molecule is CCOc1ccc(C(=O)N(CCC(=O)N2CCNCC2)Cc2cccc(OC)c2)cc1.O=C(O)C(F)(F)F. The van der Waals surface area contributed by atoms with Crippen molar-refractivity contribution in [2.24, 2.45) is 0 Å². The number of ether oxygens (including phenoxy) is 2. The summed E-state index contributed by atoms with van der Waals surface area (Å²) in [7, 11) is 1.62. The van der Waals surface area contributed by atoms with E-state index in [4.69, 9.17) is 19.4 Å². The van der Waals surface area contributed by atoms with Gasteiger partial charge in [-0.25, -0.2) is 4.79 Å². The van der Waals surface area contributed by atoms with Crippen molar-refractivity contribution in [2.45, 2.75) is 26.1 Å². The summed E-state index contributed by atoms with van der Waals surface area (Å²) in [5.41, 5.74) is 1.52. The Labute approximate surface area is 219 Å². The number of halogens is 3. The molecular formula is C26H32F3N3O6. The normalized spacial score (nSPS) is 13.1. The van der Waals surface area contributed by atoms with Crippen LogP contribution in [0.4, 0.5) is 13.2 Å². The predicted molar refractivity (Wildman–Crippen MR) is 133 cm³/mol. The van der Waals surface area contributed by atoms with E-state index in [1.54, 1.807) is 36.3 Å². The van der Waals surface area contributed by atoms with E-state index < -0.39 is 12.1 Å². The van der Waals surface area contributed by atoms with Crippen molar-refractivity contribution in [3.8, 4) is 11.5 Å². The van der Waals surface area contributed by atoms with Crippen LogP contribution >= 0.6 is 0 Å². The third-order valence-corrected chi connectivity index (χ3v) is 5.51. The molecule has 2 amide bonds. The zero-order chi connectivity index (χ0) is 28.1. The van der Waals surface area contributed by atoms with Crippen molar-refractivity contribution in [2.75, 3.05) is 46.4 Å². The van der Waals surface area contributed by atoms with E-state index in [1.807, 2.05) is 36.1 Å². The summed E-state index contributed by atoms with van der Waals surface area (Å²) < 4.78 is 42.5. The van der Waals surface area contributed by atoms with Crippen molar-refractivity contribution in [1.29, 1.82) is 0 Å². The topological polar surface area (TPSA) is 108 Å². The molecule has 1 heterocycles. The minimum Gasteiger partial charge on any atom is -0.497 e. The summed E-state index contributed by atoms with van der Waals surface area (Å²) >= 11 is 0. The first-order chi connectivity index (χ1) is 18.0. The Morgan fingerprint density at radius 2 is 1.68 bits per heavy atom. The van der Waals surface area contributed by atoms with Crippen LogP contribution in [0.15, 0.2) is 48.5 Å². The van der Waals surface area contributed by atoms with Gasteiger partial charge in [-0.05, 0) is 48.9 Å². The van der Waals surface area contributed by atoms with Gasteiger partial charge >= 0.3 is 12.1 Å². The van der Waals surface area contributed by atoms with Gasteiger partial charge in [-0.15, -0.1) is 0 Å². The zero-order valence-electron chi connectivity index (χ0n) is 21.3. The Bertz CT molecular complexity index is 1060. The number of hydrogen-bond donors (Lipinski definition) is 2. The first-order valence-electron chi connectivity index (χ1n) is 12.0. The molecule has 0 unspecified atom stereocenters. The van der Waals surface area contributed by atoms with E-state index >= 15 is 0 Å². The second-order valence-electron chi connectivity index (χ2n) is 8.22. The summed E-state index contributed by atoms with van der Waals surface area (Å²) in [6.45, 7) is 6.29. The first kappa shape index (κ1) is 30.4. The number of alkyl halides is 3. The highest BCUT2D eigenvalue weighted by atomic mass is 19.4. The highest BCUT2D eigenvalue weighted by Gasteiger charge is 2.38. The summed E-state index contributed by atoms with van der Waals surface area (Å²) in [5, 5.41) is 10.4. The molecule has 0 spiro atoms. The van der Waals surface area contributed by atoms with Crippen LogP contribution < -0.4 is 14.8 Å². The number of aliphatic carboxylic acids is 1. The number of methoxy groups -OCH3 is 1. The molecule has 1 aliphatic rings. The average Bonchev–Trinajstić information content (AvgIpc) is 2.91. The van der Waals surface area contributed by atoms with Crippen LogP contribution in [0.3, 0.4) is 0 Å². The fraction of sp³-hybridized carbons (Fsp3) is 0.423. The minimum atomic E-state index is -5.08. The summed E-state index contributed by atoms with van der Waals surface area (Å²) in [6, 6.07) is 14.8. The molecule has 9 nitrogen and oxygen atoms in total. The van der Waals surface area contributed by atoms with E-state index in [0.29, 0.717) is 44.8 Å². The van der Waals surface area contributed by atoms with Crippen LogP contribution in [-0.4, -0.2) is 85.3 Å². The molecule has 0 radical (unpaired) electrons. The quantitative estimate of drug-likeness (QED) is 0.504. The fourth-order valence-corrected chi connectivity index (χ4v) is 3.59. The number of rotatable bonds is 9. The Balaban J connectivity index is 0.000000638. The number of benzene rings is 2. The van der Waals surface area contributed by atoms with Gasteiger partial charge in [0.05, 0.1) is 13.7 Å². The number of carbonyl (C=O) groups excluding carboxylic acids is 2. The maximum Gasteiger partial charge on any atom is 0.490 e. The second-order valence-corrected chi connectivity index (χ2v) is 8.22. The Hall–Kier alpha value is -3.80. The van der Waals surface area contributed by atoms with E-state index in [2.05, 4.69) is 5.32 Å². The lowest BCUT2D eigenvalue weighted by atomic mass is 10.1. The van der Waals surface area contributed by atoms with Crippen LogP contribution in [-0.2, 0) is 16.1 Å². The van der Waals surface area contributed by atoms with Crippen LogP contribution in [0.5, 0.6) is 11.5 Å². The number of hydrogen-bond acceptors (Lipinski definition) is 6. The molecule has 0 aromatic heterocycles. The molecule has 0 aliphatic carbocycles. The van der Waals surface area contributed by atoms with Gasteiger partial charge in [-0.3, -0.25) is 9.59 Å². The third-order valence-electron chi connectivity index (χ3n) is 5.51. The summed E-state index contributed by atoms with van der Waals surface area (Å²) in [4.78, 5) is 38.4. The second kappa shape index (κ2) is 14.8. The molecule has 1 fully saturated rings. The lowest BCUT2D eigenvalue weighted by molar-refractivity contribution is -0.192. The zero-order valence-corrected chi connectivity index (χ0v) is 21.3. The Morgan fingerprint density at radius 3 is 2.24 bits per heavy atom. The molecular weight excluding hydrogens is 507 g/mol. The number of carboxylic acid groups (broad SMARTS) is 1. The molecule has 1 aliphatic heterocycles. The Kier molecular flexibility index (Phi) is 11.9. The number of amides is 2. The smallest absolute Gasteiger partial charge is 0.490 e. The van der Waals surface area contributed by atoms with Gasteiger partial charge in [0, 0.05) is 51.3 Å². The molecule has 38 heavy (non-hydrogen) atoms. The maximum atomic E-state index is 13.3. The highest BCUT2D eigenvalue weighted by Crippen LogP contribution is 2.18. The standard InChI is InChI=1S/C24H31N3O4.C2HF3O2/c1-3-31-21-9-7-20(8-10-21)24(29)27(18-19-5-4-6-22(17-19)30-2)14-11-23(28)26-15-12-25-13-16-26;3-2(4,5)1(6)7/h4-10,17,25H,3,11-16,18H2,1-2H3;(H,6,7). The van der Waals surface area contributed by atoms with Crippen LogP contribution in [0, 0.1) is 0 Å². The average molecular weight is 540 g/mol. The molecule has 2 aromatic carbocycles. The van der Waals surface area contributed by atoms with Crippen molar-refractivity contribution >= 4 is 17.8 Å². The number of nitrogens with one attached hydrogen (secondary N) is 1. The molecule has 12 heteroatoms. The minimum absolute atomic E-state index is 0.0802. The van der Waals surface area contributed by atoms with E-state index in [-0.39, 0.29) is 11.8 Å². The van der Waals surface area contributed by atoms with Crippen molar-refractivity contribution < 1.29 is 42.1 Å². The van der Waals surface area contributed by atoms with Gasteiger partial charge in [-0.2, -0.15) is 13.2 Å². The van der Waals surface area contributed by atoms with E-state index in [1.165, 1.54) is 0 Å². The fourth-order valence-electron chi connectivity index (χ4n) is 3.59. The van der Waals surface area contributed by atoms with Crippen LogP contribution in [0.2, 0.25) is 0 Å². The van der Waals surface area contributed by atoms with E-state index in [9.17, 15) is 22.8 Å². The number of nitrogens with zero attached hydrogens (tertiary/aromatic N) is 2. The summed E-state index contributed by atoms with van der Waals surface area (Å²) in [6.07, 6.45) is -4.78. The Morgan fingerprint density at radius 1 is 1.05 bits per heavy atom. The van der Waals surface area contributed by atoms with E-state index in [0.717, 1.165) is 30.2 Å². The van der Waals surface area contributed by atoms with Gasteiger partial charge in [0.2, 0.25) is 5.91 Å². The molecule has 0 atom stereocenters. The lowest BCUT2D eigenvalue weighted by Gasteiger charge is -2.29. The predicted octanol–water partition coefficient (Wildman–Crippen LogP) is 3.19. The van der Waals surface area contributed by atoms with Gasteiger partial charge in [0.1, 0.15) is 11.5 Å². The van der Waals surface area contributed by atoms with Gasteiger partial charge in [0.15, 0.2) is 0 Å². The molecule has 0 saturated carbocycles. The van der Waals surface area contributed by atoms with Crippen molar-refractivity contribution in [1.82, 2.24) is 15.1 Å². The number of carbonyl (C=O) groups is 3. The van der Waals surface area contributed by atoms with Gasteiger partial charge in [-0.1, -0.05) is 12.1 Å². The molecule has 1 saturated heterocycles. The molecule has 2 aromatic rings.